The van der Waals surface area contributed by atoms with Gasteiger partial charge in [0.05, 0.1) is 0 Å². The summed E-state index contributed by atoms with van der Waals surface area (Å²) in [5.74, 6) is 2.09. The van der Waals surface area contributed by atoms with E-state index in [-0.39, 0.29) is 0 Å². The summed E-state index contributed by atoms with van der Waals surface area (Å²) in [6.07, 6.45) is 5.53. The molecule has 2 aliphatic rings. The van der Waals surface area contributed by atoms with E-state index in [1.54, 1.807) is 0 Å². The summed E-state index contributed by atoms with van der Waals surface area (Å²) >= 11 is 5.24. The predicted octanol–water partition coefficient (Wildman–Crippen LogP) is 2.05. The molecule has 0 radical (unpaired) electrons. The Kier molecular flexibility index (Phi) is 2.96. The van der Waals surface area contributed by atoms with E-state index < -0.39 is 0 Å². The molecule has 2 aliphatic carbocycles. The van der Waals surface area contributed by atoms with Crippen LogP contribution in [0.15, 0.2) is 0 Å². The van der Waals surface area contributed by atoms with Gasteiger partial charge < -0.3 is 10.6 Å². The first-order chi connectivity index (χ1) is 6.65. The van der Waals surface area contributed by atoms with E-state index in [1.165, 1.54) is 25.7 Å². The summed E-state index contributed by atoms with van der Waals surface area (Å²) in [6.45, 7) is 4.23. The second kappa shape index (κ2) is 4.05. The van der Waals surface area contributed by atoms with Gasteiger partial charge in [0.25, 0.3) is 0 Å². The molecule has 2 saturated carbocycles. The fraction of sp³-hybridized carbons (Fsp3) is 0.909. The van der Waals surface area contributed by atoms with Gasteiger partial charge in [-0.3, -0.25) is 0 Å². The molecule has 0 aromatic heterocycles. The van der Waals surface area contributed by atoms with Gasteiger partial charge in [-0.25, -0.2) is 0 Å². The average Bonchev–Trinajstić information content (AvgIpc) is 2.79. The van der Waals surface area contributed by atoms with E-state index in [1.807, 2.05) is 0 Å². The second-order valence-corrected chi connectivity index (χ2v) is 5.45. The molecule has 0 aromatic rings. The molecule has 0 spiro atoms. The van der Waals surface area contributed by atoms with Crippen molar-refractivity contribution in [2.75, 3.05) is 0 Å². The maximum atomic E-state index is 5.24. The molecule has 2 rings (SSSR count). The van der Waals surface area contributed by atoms with Crippen LogP contribution in [0.2, 0.25) is 0 Å². The van der Waals surface area contributed by atoms with Crippen molar-refractivity contribution in [3.8, 4) is 0 Å². The molecular weight excluding hydrogens is 192 g/mol. The SMILES string of the molecule is CC(C)NC(=S)NC1CCC2CC2C1. The lowest BCUT2D eigenvalue weighted by molar-refractivity contribution is 0.394. The lowest BCUT2D eigenvalue weighted by atomic mass is 9.96. The molecule has 2 nitrogen and oxygen atoms in total. The van der Waals surface area contributed by atoms with Gasteiger partial charge in [-0.1, -0.05) is 0 Å². The highest BCUT2D eigenvalue weighted by molar-refractivity contribution is 7.80. The first kappa shape index (κ1) is 10.2. The van der Waals surface area contributed by atoms with Crippen molar-refractivity contribution in [1.82, 2.24) is 10.6 Å². The molecule has 2 fully saturated rings. The molecule has 0 amide bonds. The number of rotatable bonds is 2. The molecule has 0 heterocycles. The topological polar surface area (TPSA) is 24.1 Å². The standard InChI is InChI=1S/C11H20N2S/c1-7(2)12-11(14)13-10-4-3-8-5-9(8)6-10/h7-10H,3-6H2,1-2H3,(H2,12,13,14). The summed E-state index contributed by atoms with van der Waals surface area (Å²) in [6, 6.07) is 1.07. The normalized spacial score (nSPS) is 34.9. The van der Waals surface area contributed by atoms with E-state index in [4.69, 9.17) is 12.2 Å². The van der Waals surface area contributed by atoms with Crippen molar-refractivity contribution in [1.29, 1.82) is 0 Å². The van der Waals surface area contributed by atoms with Crippen LogP contribution in [0.4, 0.5) is 0 Å². The highest BCUT2D eigenvalue weighted by Gasteiger charge is 2.41. The molecule has 0 saturated heterocycles. The number of hydrogen-bond donors (Lipinski definition) is 2. The molecular formula is C11H20N2S. The van der Waals surface area contributed by atoms with Gasteiger partial charge >= 0.3 is 0 Å². The van der Waals surface area contributed by atoms with Crippen LogP contribution >= 0.6 is 12.2 Å². The van der Waals surface area contributed by atoms with Crippen molar-refractivity contribution >= 4 is 17.3 Å². The molecule has 80 valence electrons. The van der Waals surface area contributed by atoms with Gasteiger partial charge in [-0.2, -0.15) is 0 Å². The monoisotopic (exact) mass is 212 g/mol. The first-order valence-electron chi connectivity index (χ1n) is 5.72. The molecule has 3 heteroatoms. The van der Waals surface area contributed by atoms with Gasteiger partial charge in [-0.05, 0) is 63.6 Å². The highest BCUT2D eigenvalue weighted by atomic mass is 32.1. The van der Waals surface area contributed by atoms with Crippen molar-refractivity contribution in [3.05, 3.63) is 0 Å². The van der Waals surface area contributed by atoms with Crippen molar-refractivity contribution in [2.45, 2.75) is 51.6 Å². The Balaban J connectivity index is 1.71. The predicted molar refractivity (Wildman–Crippen MR) is 63.2 cm³/mol. The van der Waals surface area contributed by atoms with Crippen LogP contribution in [-0.2, 0) is 0 Å². The minimum Gasteiger partial charge on any atom is -0.361 e. The molecule has 0 bridgehead atoms. The summed E-state index contributed by atoms with van der Waals surface area (Å²) in [7, 11) is 0. The summed E-state index contributed by atoms with van der Waals surface area (Å²) in [5, 5.41) is 7.50. The Hall–Kier alpha value is -0.310. The maximum Gasteiger partial charge on any atom is 0.166 e. The Morgan fingerprint density at radius 1 is 1.21 bits per heavy atom. The zero-order valence-corrected chi connectivity index (χ0v) is 9.86. The molecule has 14 heavy (non-hydrogen) atoms. The average molecular weight is 212 g/mol. The first-order valence-corrected chi connectivity index (χ1v) is 6.13. The van der Waals surface area contributed by atoms with Crippen LogP contribution < -0.4 is 10.6 Å². The zero-order chi connectivity index (χ0) is 10.1. The second-order valence-electron chi connectivity index (χ2n) is 5.04. The summed E-state index contributed by atoms with van der Waals surface area (Å²) < 4.78 is 0. The fourth-order valence-corrected chi connectivity index (χ4v) is 2.87. The quantitative estimate of drug-likeness (QED) is 0.685. The molecule has 0 aliphatic heterocycles. The Morgan fingerprint density at radius 2 is 2.00 bits per heavy atom. The van der Waals surface area contributed by atoms with Gasteiger partial charge in [0.1, 0.15) is 0 Å². The van der Waals surface area contributed by atoms with Crippen LogP contribution in [0.1, 0.15) is 39.5 Å². The Labute approximate surface area is 91.8 Å². The largest absolute Gasteiger partial charge is 0.361 e. The number of fused-ring (bicyclic) bond motifs is 1. The van der Waals surface area contributed by atoms with Crippen molar-refractivity contribution in [3.63, 3.8) is 0 Å². The Bertz CT molecular complexity index is 227. The highest BCUT2D eigenvalue weighted by Crippen LogP contribution is 2.49. The minimum absolute atomic E-state index is 0.437. The maximum absolute atomic E-state index is 5.24. The van der Waals surface area contributed by atoms with E-state index in [9.17, 15) is 0 Å². The third kappa shape index (κ3) is 2.59. The van der Waals surface area contributed by atoms with Crippen LogP contribution in [0.25, 0.3) is 0 Å². The lowest BCUT2D eigenvalue weighted by Gasteiger charge is -2.24. The Morgan fingerprint density at radius 3 is 2.64 bits per heavy atom. The third-order valence-corrected chi connectivity index (χ3v) is 3.53. The van der Waals surface area contributed by atoms with Gasteiger partial charge in [0.2, 0.25) is 0 Å². The number of nitrogens with one attached hydrogen (secondary N) is 2. The van der Waals surface area contributed by atoms with Crippen LogP contribution in [0.5, 0.6) is 0 Å². The molecule has 2 N–H and O–H groups in total. The van der Waals surface area contributed by atoms with Crippen molar-refractivity contribution < 1.29 is 0 Å². The van der Waals surface area contributed by atoms with E-state index in [2.05, 4.69) is 24.5 Å². The molecule has 3 unspecified atom stereocenters. The van der Waals surface area contributed by atoms with Gasteiger partial charge in [-0.15, -0.1) is 0 Å². The zero-order valence-electron chi connectivity index (χ0n) is 9.05. The summed E-state index contributed by atoms with van der Waals surface area (Å²) in [4.78, 5) is 0. The summed E-state index contributed by atoms with van der Waals surface area (Å²) in [5.41, 5.74) is 0. The number of hydrogen-bond acceptors (Lipinski definition) is 1. The van der Waals surface area contributed by atoms with E-state index >= 15 is 0 Å². The molecule has 3 atom stereocenters. The molecule has 0 aromatic carbocycles. The van der Waals surface area contributed by atoms with Crippen LogP contribution in [0.3, 0.4) is 0 Å². The van der Waals surface area contributed by atoms with E-state index in [0.29, 0.717) is 12.1 Å². The smallest absolute Gasteiger partial charge is 0.166 e. The third-order valence-electron chi connectivity index (χ3n) is 3.30. The van der Waals surface area contributed by atoms with Crippen LogP contribution in [-0.4, -0.2) is 17.2 Å². The lowest BCUT2D eigenvalue weighted by Crippen LogP contribution is -2.45. The number of thiocarbonyl (C=S) groups is 1. The van der Waals surface area contributed by atoms with Gasteiger partial charge in [0, 0.05) is 12.1 Å². The van der Waals surface area contributed by atoms with E-state index in [0.717, 1.165) is 16.9 Å². The van der Waals surface area contributed by atoms with Gasteiger partial charge in [0.15, 0.2) is 5.11 Å². The van der Waals surface area contributed by atoms with Crippen LogP contribution in [0, 0.1) is 11.8 Å². The fourth-order valence-electron chi connectivity index (χ4n) is 2.47. The minimum atomic E-state index is 0.437. The van der Waals surface area contributed by atoms with Crippen molar-refractivity contribution in [2.24, 2.45) is 11.8 Å².